The van der Waals surface area contributed by atoms with Gasteiger partial charge < -0.3 is 5.32 Å². The van der Waals surface area contributed by atoms with Crippen LogP contribution in [0.4, 0.5) is 4.39 Å². The monoisotopic (exact) mass is 316 g/mol. The van der Waals surface area contributed by atoms with Gasteiger partial charge in [0, 0.05) is 11.6 Å². The molecule has 2 aromatic rings. The van der Waals surface area contributed by atoms with E-state index in [0.717, 1.165) is 25.7 Å². The second-order valence-electron chi connectivity index (χ2n) is 6.09. The van der Waals surface area contributed by atoms with Crippen LogP contribution in [0.15, 0.2) is 30.5 Å². The number of amides is 1. The topological polar surface area (TPSA) is 59.8 Å². The first kappa shape index (κ1) is 15.6. The van der Waals surface area contributed by atoms with Crippen molar-refractivity contribution in [2.24, 2.45) is 0 Å². The molecule has 0 bridgehead atoms. The lowest BCUT2D eigenvalue weighted by atomic mass is 9.95. The third kappa shape index (κ3) is 3.57. The average molecular weight is 316 g/mol. The molecule has 122 valence electrons. The second-order valence-corrected chi connectivity index (χ2v) is 6.09. The van der Waals surface area contributed by atoms with Crippen LogP contribution in [-0.4, -0.2) is 26.9 Å². The zero-order valence-corrected chi connectivity index (χ0v) is 13.2. The first-order chi connectivity index (χ1) is 11.1. The molecule has 6 heteroatoms. The summed E-state index contributed by atoms with van der Waals surface area (Å²) in [6.07, 6.45) is 7.17. The Morgan fingerprint density at radius 2 is 2.04 bits per heavy atom. The predicted molar refractivity (Wildman–Crippen MR) is 84.6 cm³/mol. The molecule has 23 heavy (non-hydrogen) atoms. The van der Waals surface area contributed by atoms with Crippen LogP contribution in [-0.2, 0) is 0 Å². The van der Waals surface area contributed by atoms with Crippen LogP contribution in [0, 0.1) is 5.82 Å². The number of halogens is 1. The van der Waals surface area contributed by atoms with E-state index >= 15 is 0 Å². The van der Waals surface area contributed by atoms with Crippen molar-refractivity contribution in [3.05, 3.63) is 47.5 Å². The van der Waals surface area contributed by atoms with Gasteiger partial charge in [-0.3, -0.25) is 4.79 Å². The summed E-state index contributed by atoms with van der Waals surface area (Å²) in [6.45, 7) is 1.83. The largest absolute Gasteiger partial charge is 0.348 e. The Hall–Kier alpha value is -2.24. The molecule has 5 nitrogen and oxygen atoms in total. The summed E-state index contributed by atoms with van der Waals surface area (Å²) >= 11 is 0. The highest BCUT2D eigenvalue weighted by atomic mass is 19.1. The van der Waals surface area contributed by atoms with Crippen molar-refractivity contribution in [3.63, 3.8) is 0 Å². The summed E-state index contributed by atoms with van der Waals surface area (Å²) in [5.41, 5.74) is 0.801. The molecule has 0 unspecified atom stereocenters. The molecule has 1 saturated carbocycles. The minimum atomic E-state index is -0.320. The van der Waals surface area contributed by atoms with Crippen molar-refractivity contribution in [2.45, 2.75) is 51.1 Å². The normalized spacial score (nSPS) is 17.0. The molecule has 0 radical (unpaired) electrons. The van der Waals surface area contributed by atoms with Gasteiger partial charge in [-0.25, -0.2) is 9.07 Å². The van der Waals surface area contributed by atoms with Gasteiger partial charge in [0.15, 0.2) is 5.69 Å². The predicted octanol–water partition coefficient (Wildman–Crippen LogP) is 3.09. The average Bonchev–Trinajstić information content (AvgIpc) is 3.06. The SMILES string of the molecule is C[C@@H](c1ccccc1F)n1cc(C(=O)NC2CCCCC2)nn1. The van der Waals surface area contributed by atoms with E-state index in [4.69, 9.17) is 0 Å². The minimum absolute atomic E-state index is 0.205. The van der Waals surface area contributed by atoms with E-state index in [-0.39, 0.29) is 29.5 Å². The fraction of sp³-hybridized carbons (Fsp3) is 0.471. The number of nitrogens with zero attached hydrogens (tertiary/aromatic N) is 3. The van der Waals surface area contributed by atoms with E-state index in [0.29, 0.717) is 5.56 Å². The Bertz CT molecular complexity index is 679. The quantitative estimate of drug-likeness (QED) is 0.943. The van der Waals surface area contributed by atoms with Crippen LogP contribution in [0.25, 0.3) is 0 Å². The molecular weight excluding hydrogens is 295 g/mol. The third-order valence-corrected chi connectivity index (χ3v) is 4.44. The van der Waals surface area contributed by atoms with Crippen molar-refractivity contribution in [1.82, 2.24) is 20.3 Å². The van der Waals surface area contributed by atoms with Gasteiger partial charge in [0.2, 0.25) is 0 Å². The number of rotatable bonds is 4. The van der Waals surface area contributed by atoms with E-state index < -0.39 is 0 Å². The van der Waals surface area contributed by atoms with Crippen molar-refractivity contribution < 1.29 is 9.18 Å². The fourth-order valence-corrected chi connectivity index (χ4v) is 3.03. The maximum absolute atomic E-state index is 13.9. The zero-order valence-electron chi connectivity index (χ0n) is 13.2. The second kappa shape index (κ2) is 6.89. The zero-order chi connectivity index (χ0) is 16.2. The summed E-state index contributed by atoms with van der Waals surface area (Å²) in [4.78, 5) is 12.3. The van der Waals surface area contributed by atoms with Gasteiger partial charge in [0.05, 0.1) is 12.2 Å². The van der Waals surface area contributed by atoms with Gasteiger partial charge in [-0.1, -0.05) is 42.7 Å². The number of hydrogen-bond donors (Lipinski definition) is 1. The van der Waals surface area contributed by atoms with Gasteiger partial charge >= 0.3 is 0 Å². The molecule has 1 aliphatic carbocycles. The molecule has 3 rings (SSSR count). The molecule has 1 amide bonds. The summed E-state index contributed by atoms with van der Waals surface area (Å²) < 4.78 is 15.4. The van der Waals surface area contributed by atoms with Crippen molar-refractivity contribution >= 4 is 5.91 Å². The molecule has 1 atom stereocenters. The van der Waals surface area contributed by atoms with E-state index in [1.165, 1.54) is 17.2 Å². The molecule has 0 saturated heterocycles. The fourth-order valence-electron chi connectivity index (χ4n) is 3.03. The van der Waals surface area contributed by atoms with E-state index in [1.807, 2.05) is 6.92 Å². The van der Waals surface area contributed by atoms with Crippen LogP contribution in [0.3, 0.4) is 0 Å². The lowest BCUT2D eigenvalue weighted by Gasteiger charge is -2.22. The van der Waals surface area contributed by atoms with Gasteiger partial charge in [-0.05, 0) is 25.8 Å². The van der Waals surface area contributed by atoms with Crippen molar-refractivity contribution in [1.29, 1.82) is 0 Å². The molecule has 1 aromatic heterocycles. The maximum atomic E-state index is 13.9. The smallest absolute Gasteiger partial charge is 0.273 e. The lowest BCUT2D eigenvalue weighted by Crippen LogP contribution is -2.36. The maximum Gasteiger partial charge on any atom is 0.273 e. The number of nitrogens with one attached hydrogen (secondary N) is 1. The summed E-state index contributed by atoms with van der Waals surface area (Å²) in [5.74, 6) is -0.493. The van der Waals surface area contributed by atoms with Crippen LogP contribution in [0.2, 0.25) is 0 Å². The molecule has 0 spiro atoms. The standard InChI is InChI=1S/C17H21FN4O/c1-12(14-9-5-6-10-15(14)18)22-11-16(20-21-22)17(23)19-13-7-3-2-4-8-13/h5-6,9-13H,2-4,7-8H2,1H3,(H,19,23)/t12-/m0/s1. The van der Waals surface area contributed by atoms with Crippen molar-refractivity contribution in [2.75, 3.05) is 0 Å². The number of carbonyl (C=O) groups excluding carboxylic acids is 1. The van der Waals surface area contributed by atoms with Gasteiger partial charge in [0.25, 0.3) is 5.91 Å². The Labute approximate surface area is 134 Å². The van der Waals surface area contributed by atoms with E-state index in [1.54, 1.807) is 24.4 Å². The molecule has 1 aromatic carbocycles. The third-order valence-electron chi connectivity index (χ3n) is 4.44. The van der Waals surface area contributed by atoms with Gasteiger partial charge in [-0.15, -0.1) is 5.10 Å². The first-order valence-electron chi connectivity index (χ1n) is 8.12. The number of hydrogen-bond acceptors (Lipinski definition) is 3. The highest BCUT2D eigenvalue weighted by Gasteiger charge is 2.20. The Morgan fingerprint density at radius 1 is 1.30 bits per heavy atom. The Balaban J connectivity index is 1.70. The van der Waals surface area contributed by atoms with E-state index in [2.05, 4.69) is 15.6 Å². The lowest BCUT2D eigenvalue weighted by molar-refractivity contribution is 0.0922. The summed E-state index contributed by atoms with van der Waals surface area (Å²) in [5, 5.41) is 10.9. The van der Waals surface area contributed by atoms with Crippen LogP contribution >= 0.6 is 0 Å². The summed E-state index contributed by atoms with van der Waals surface area (Å²) in [6, 6.07) is 6.46. The first-order valence-corrected chi connectivity index (χ1v) is 8.12. The van der Waals surface area contributed by atoms with Crippen LogP contribution in [0.5, 0.6) is 0 Å². The van der Waals surface area contributed by atoms with Gasteiger partial charge in [0.1, 0.15) is 5.82 Å². The number of carbonyl (C=O) groups is 1. The van der Waals surface area contributed by atoms with E-state index in [9.17, 15) is 9.18 Å². The molecule has 1 aliphatic rings. The highest BCUT2D eigenvalue weighted by molar-refractivity contribution is 5.92. The van der Waals surface area contributed by atoms with Crippen LogP contribution in [0.1, 0.15) is 61.1 Å². The minimum Gasteiger partial charge on any atom is -0.348 e. The van der Waals surface area contributed by atoms with Crippen molar-refractivity contribution in [3.8, 4) is 0 Å². The molecule has 1 N–H and O–H groups in total. The van der Waals surface area contributed by atoms with Crippen LogP contribution < -0.4 is 5.32 Å². The Kier molecular flexibility index (Phi) is 4.69. The number of benzene rings is 1. The van der Waals surface area contributed by atoms with Gasteiger partial charge in [-0.2, -0.15) is 0 Å². The highest BCUT2D eigenvalue weighted by Crippen LogP contribution is 2.20. The molecule has 0 aliphatic heterocycles. The molecule has 1 heterocycles. The Morgan fingerprint density at radius 3 is 2.78 bits per heavy atom. The number of aromatic nitrogens is 3. The molecular formula is C17H21FN4O. The summed E-state index contributed by atoms with van der Waals surface area (Å²) in [7, 11) is 0. The molecule has 1 fully saturated rings.